The third-order valence-electron chi connectivity index (χ3n) is 4.14. The molecule has 0 spiro atoms. The maximum absolute atomic E-state index is 12.6. The van der Waals surface area contributed by atoms with Gasteiger partial charge in [0, 0.05) is 17.7 Å². The fourth-order valence-electron chi connectivity index (χ4n) is 2.97. The average Bonchev–Trinajstić information content (AvgIpc) is 2.88. The Kier molecular flexibility index (Phi) is 6.10. The van der Waals surface area contributed by atoms with E-state index >= 15 is 0 Å². The van der Waals surface area contributed by atoms with E-state index in [1.807, 2.05) is 28.8 Å². The van der Waals surface area contributed by atoms with Crippen LogP contribution >= 0.6 is 0 Å². The second-order valence-electron chi connectivity index (χ2n) is 5.82. The Balaban J connectivity index is 0.00000243. The molecule has 0 unspecified atom stereocenters. The van der Waals surface area contributed by atoms with E-state index in [9.17, 15) is 14.9 Å². The molecule has 26 heavy (non-hydrogen) atoms. The number of imidazole rings is 1. The molecule has 136 valence electrons. The molecule has 0 aliphatic rings. The highest BCUT2D eigenvalue weighted by molar-refractivity contribution is 5.96. The van der Waals surface area contributed by atoms with Crippen molar-refractivity contribution < 1.29 is 31.3 Å². The number of nitrogen functional groups attached to an aromatic ring is 1. The summed E-state index contributed by atoms with van der Waals surface area (Å²) in [5, 5.41) is 10.9. The topological polar surface area (TPSA) is 95.0 Å². The number of hydrogen-bond acceptors (Lipinski definition) is 4. The Morgan fingerprint density at radius 2 is 1.96 bits per heavy atom. The summed E-state index contributed by atoms with van der Waals surface area (Å²) < 4.78 is 3.74. The van der Waals surface area contributed by atoms with Gasteiger partial charge in [0.15, 0.2) is 5.78 Å². The summed E-state index contributed by atoms with van der Waals surface area (Å²) in [6, 6.07) is 13.5. The number of ketones is 1. The summed E-state index contributed by atoms with van der Waals surface area (Å²) in [7, 11) is 0. The van der Waals surface area contributed by atoms with Crippen LogP contribution in [-0.2, 0) is 13.1 Å². The normalized spacial score (nSPS) is 10.5. The number of halogens is 1. The van der Waals surface area contributed by atoms with Crippen molar-refractivity contribution in [2.24, 2.45) is 0 Å². The number of nitrogens with zero attached hydrogens (tertiary/aromatic N) is 3. The van der Waals surface area contributed by atoms with Crippen molar-refractivity contribution in [3.8, 4) is 0 Å². The highest BCUT2D eigenvalue weighted by atomic mass is 79.9. The number of anilines is 1. The van der Waals surface area contributed by atoms with Crippen LogP contribution in [0.3, 0.4) is 0 Å². The van der Waals surface area contributed by atoms with Crippen LogP contribution in [0.4, 0.5) is 11.6 Å². The molecular formula is C18H19BrN4O3. The van der Waals surface area contributed by atoms with E-state index in [4.69, 9.17) is 5.73 Å². The first kappa shape index (κ1) is 19.6. The maximum atomic E-state index is 12.6. The SMILES string of the molecule is CCCn1c(N)[n+](CC(=O)c2cccc([N+](=O)[O-])c2)c2ccccc21.[Br-]. The minimum atomic E-state index is -0.509. The van der Waals surface area contributed by atoms with E-state index < -0.39 is 4.92 Å². The number of non-ortho nitro benzene ring substituents is 1. The van der Waals surface area contributed by atoms with E-state index in [0.29, 0.717) is 11.5 Å². The second kappa shape index (κ2) is 8.09. The molecule has 1 aromatic heterocycles. The third kappa shape index (κ3) is 3.60. The summed E-state index contributed by atoms with van der Waals surface area (Å²) >= 11 is 0. The number of nitrogens with two attached hydrogens (primary N) is 1. The molecular weight excluding hydrogens is 400 g/mol. The molecule has 2 aromatic carbocycles. The van der Waals surface area contributed by atoms with Crippen molar-refractivity contribution in [3.63, 3.8) is 0 Å². The molecule has 0 radical (unpaired) electrons. The summed E-state index contributed by atoms with van der Waals surface area (Å²) in [4.78, 5) is 23.0. The quantitative estimate of drug-likeness (QED) is 0.257. The molecule has 8 heteroatoms. The lowest BCUT2D eigenvalue weighted by molar-refractivity contribution is -0.642. The fourth-order valence-corrected chi connectivity index (χ4v) is 2.97. The van der Waals surface area contributed by atoms with Crippen LogP contribution in [0.2, 0.25) is 0 Å². The Bertz CT molecular complexity index is 968. The molecule has 0 aliphatic heterocycles. The van der Waals surface area contributed by atoms with Gasteiger partial charge in [-0.3, -0.25) is 20.6 Å². The first-order valence-corrected chi connectivity index (χ1v) is 8.07. The average molecular weight is 419 g/mol. The Labute approximate surface area is 161 Å². The van der Waals surface area contributed by atoms with Gasteiger partial charge >= 0.3 is 5.95 Å². The molecule has 0 atom stereocenters. The number of carbonyl (C=O) groups excluding carboxylic acids is 1. The van der Waals surface area contributed by atoms with E-state index in [1.165, 1.54) is 18.2 Å². The number of nitro benzene ring substituents is 1. The van der Waals surface area contributed by atoms with Gasteiger partial charge in [-0.05, 0) is 18.6 Å². The first-order valence-electron chi connectivity index (χ1n) is 8.07. The lowest BCUT2D eigenvalue weighted by Crippen LogP contribution is -3.00. The van der Waals surface area contributed by atoms with Crippen molar-refractivity contribution in [1.82, 2.24) is 4.57 Å². The van der Waals surface area contributed by atoms with Gasteiger partial charge in [0.25, 0.3) is 5.69 Å². The lowest BCUT2D eigenvalue weighted by Gasteiger charge is -2.02. The number of benzene rings is 2. The number of Topliss-reactive ketones (excluding diaryl/α,β-unsaturated/α-hetero) is 1. The highest BCUT2D eigenvalue weighted by Gasteiger charge is 2.23. The summed E-state index contributed by atoms with van der Waals surface area (Å²) in [5.74, 6) is 0.279. The van der Waals surface area contributed by atoms with Gasteiger partial charge in [0.05, 0.1) is 11.5 Å². The van der Waals surface area contributed by atoms with Crippen molar-refractivity contribution in [2.75, 3.05) is 5.73 Å². The zero-order valence-electron chi connectivity index (χ0n) is 14.3. The Hall–Kier alpha value is -2.74. The van der Waals surface area contributed by atoms with E-state index in [-0.39, 0.29) is 35.0 Å². The highest BCUT2D eigenvalue weighted by Crippen LogP contribution is 2.18. The first-order chi connectivity index (χ1) is 12.0. The van der Waals surface area contributed by atoms with Gasteiger partial charge in [-0.2, -0.15) is 0 Å². The third-order valence-corrected chi connectivity index (χ3v) is 4.14. The minimum Gasteiger partial charge on any atom is -1.00 e. The number of fused-ring (bicyclic) bond motifs is 1. The molecule has 0 saturated carbocycles. The zero-order chi connectivity index (χ0) is 18.0. The predicted octanol–water partition coefficient (Wildman–Crippen LogP) is -0.284. The van der Waals surface area contributed by atoms with E-state index in [1.54, 1.807) is 10.6 Å². The Morgan fingerprint density at radius 1 is 1.23 bits per heavy atom. The van der Waals surface area contributed by atoms with Crippen LogP contribution in [0.25, 0.3) is 11.0 Å². The minimum absolute atomic E-state index is 0. The van der Waals surface area contributed by atoms with E-state index in [2.05, 4.69) is 6.92 Å². The molecule has 7 nitrogen and oxygen atoms in total. The molecule has 0 bridgehead atoms. The summed E-state index contributed by atoms with van der Waals surface area (Å²) in [6.45, 7) is 2.85. The van der Waals surface area contributed by atoms with Gasteiger partial charge in [-0.1, -0.05) is 31.2 Å². The number of para-hydroxylation sites is 2. The van der Waals surface area contributed by atoms with Crippen molar-refractivity contribution in [2.45, 2.75) is 26.4 Å². The van der Waals surface area contributed by atoms with Crippen molar-refractivity contribution >= 4 is 28.5 Å². The maximum Gasteiger partial charge on any atom is 0.356 e. The molecule has 3 rings (SSSR count). The van der Waals surface area contributed by atoms with E-state index in [0.717, 1.165) is 24.0 Å². The number of nitro groups is 1. The zero-order valence-corrected chi connectivity index (χ0v) is 15.8. The molecule has 0 saturated heterocycles. The van der Waals surface area contributed by atoms with Crippen LogP contribution in [0.15, 0.2) is 48.5 Å². The Morgan fingerprint density at radius 3 is 2.65 bits per heavy atom. The molecule has 1 heterocycles. The monoisotopic (exact) mass is 418 g/mol. The molecule has 0 fully saturated rings. The van der Waals surface area contributed by atoms with Gasteiger partial charge in [0.1, 0.15) is 17.6 Å². The molecule has 0 aliphatic carbocycles. The van der Waals surface area contributed by atoms with Crippen LogP contribution in [0.5, 0.6) is 0 Å². The van der Waals surface area contributed by atoms with Crippen molar-refractivity contribution in [3.05, 3.63) is 64.2 Å². The number of carbonyl (C=O) groups is 1. The molecule has 3 aromatic rings. The number of rotatable bonds is 6. The lowest BCUT2D eigenvalue weighted by atomic mass is 10.1. The van der Waals surface area contributed by atoms with Gasteiger partial charge in [-0.25, -0.2) is 9.13 Å². The van der Waals surface area contributed by atoms with Crippen LogP contribution in [0.1, 0.15) is 23.7 Å². The van der Waals surface area contributed by atoms with Gasteiger partial charge in [0.2, 0.25) is 0 Å². The van der Waals surface area contributed by atoms with Crippen LogP contribution in [-0.4, -0.2) is 15.3 Å². The van der Waals surface area contributed by atoms with Gasteiger partial charge < -0.3 is 17.0 Å². The van der Waals surface area contributed by atoms with Crippen LogP contribution < -0.4 is 27.3 Å². The summed E-state index contributed by atoms with van der Waals surface area (Å²) in [6.07, 6.45) is 0.918. The number of aromatic nitrogens is 2. The molecule has 2 N–H and O–H groups in total. The predicted molar refractivity (Wildman–Crippen MR) is 94.3 cm³/mol. The largest absolute Gasteiger partial charge is 1.00 e. The standard InChI is InChI=1S/C18H18N4O3.BrH/c1-2-10-20-15-8-3-4-9-16(15)21(18(20)19)12-17(23)13-6-5-7-14(11-13)22(24)25;/h3-9,11,19H,2,10,12H2,1H3;1H. The van der Waals surface area contributed by atoms with Crippen LogP contribution in [0, 0.1) is 10.1 Å². The summed E-state index contributed by atoms with van der Waals surface area (Å²) in [5.41, 5.74) is 8.31. The van der Waals surface area contributed by atoms with Gasteiger partial charge in [-0.15, -0.1) is 0 Å². The number of hydrogen-bond donors (Lipinski definition) is 1. The second-order valence-corrected chi connectivity index (χ2v) is 5.82. The smallest absolute Gasteiger partial charge is 0.356 e. The molecule has 0 amide bonds. The number of aryl methyl sites for hydroxylation is 1. The van der Waals surface area contributed by atoms with Crippen molar-refractivity contribution in [1.29, 1.82) is 0 Å². The fraction of sp³-hybridized carbons (Fsp3) is 0.222.